The molecule has 0 bridgehead atoms. The van der Waals surface area contributed by atoms with E-state index in [9.17, 15) is 0 Å². The maximum atomic E-state index is 7.99. The van der Waals surface area contributed by atoms with E-state index in [1.165, 1.54) is 4.57 Å². The molecule has 0 amide bonds. The van der Waals surface area contributed by atoms with Crippen molar-refractivity contribution in [3.8, 4) is 11.4 Å². The maximum Gasteiger partial charge on any atom is 0.341 e. The second kappa shape index (κ2) is 3.25. The Hall–Kier alpha value is -2.69. The largest absolute Gasteiger partial charge is 0.417 e. The Morgan fingerprint density at radius 2 is 2.40 bits per heavy atom. The lowest BCUT2D eigenvalue weighted by Crippen LogP contribution is -2.31. The number of aromatic nitrogens is 4. The smallest absolute Gasteiger partial charge is 0.341 e. The van der Waals surface area contributed by atoms with Crippen LogP contribution in [0.25, 0.3) is 33.7 Å². The van der Waals surface area contributed by atoms with Gasteiger partial charge in [-0.15, -0.1) is 0 Å². The molecule has 0 aliphatic carbocycles. The van der Waals surface area contributed by atoms with E-state index in [-0.39, 0.29) is 0 Å². The first-order valence-electron chi connectivity index (χ1n) is 7.81. The number of fused-ring (bicyclic) bond motifs is 7. The van der Waals surface area contributed by atoms with Crippen molar-refractivity contribution in [1.82, 2.24) is 14.5 Å². The number of pyridine rings is 2. The molecule has 5 rings (SSSR count). The quantitative estimate of drug-likeness (QED) is 0.403. The van der Waals surface area contributed by atoms with E-state index in [2.05, 4.69) is 9.97 Å². The van der Waals surface area contributed by atoms with Gasteiger partial charge in [-0.2, -0.15) is 4.57 Å². The summed E-state index contributed by atoms with van der Waals surface area (Å²) in [5.74, 6) is 0.615. The van der Waals surface area contributed by atoms with Gasteiger partial charge in [0.15, 0.2) is 11.1 Å². The van der Waals surface area contributed by atoms with Crippen LogP contribution in [0.5, 0.6) is 0 Å². The van der Waals surface area contributed by atoms with Crippen molar-refractivity contribution in [2.75, 3.05) is 0 Å². The standard InChI is InChI=1S/C15H11N4O/c1-18-13-12-11(3-2-5-17-12)20-15(13)19-8-9-7-16-6-4-10(9)14(18)19/h2-7H,8H2,1H3/q+1/i1D3. The Kier molecular flexibility index (Phi) is 1.27. The van der Waals surface area contributed by atoms with Gasteiger partial charge in [0.25, 0.3) is 5.82 Å². The minimum Gasteiger partial charge on any atom is -0.417 e. The zero-order valence-electron chi connectivity index (χ0n) is 13.4. The summed E-state index contributed by atoms with van der Waals surface area (Å²) in [6, 6.07) is 5.40. The van der Waals surface area contributed by atoms with Gasteiger partial charge in [-0.25, -0.2) is 9.55 Å². The average Bonchev–Trinajstić information content (AvgIpc) is 3.13. The SMILES string of the molecule is [2H]C([2H])([2H])n1c2[n+](c3oc4cccnc4c31)Cc1cnccc1-2. The zero-order chi connectivity index (χ0) is 15.8. The second-order valence-electron chi connectivity index (χ2n) is 4.88. The number of aryl methyl sites for hydroxylation is 1. The summed E-state index contributed by atoms with van der Waals surface area (Å²) in [7, 11) is 0. The van der Waals surface area contributed by atoms with Crippen LogP contribution in [-0.2, 0) is 13.5 Å². The van der Waals surface area contributed by atoms with Crippen molar-refractivity contribution in [1.29, 1.82) is 0 Å². The van der Waals surface area contributed by atoms with Crippen molar-refractivity contribution >= 4 is 22.3 Å². The van der Waals surface area contributed by atoms with Crippen LogP contribution in [0.4, 0.5) is 0 Å². The molecular weight excluding hydrogens is 252 g/mol. The Bertz CT molecular complexity index is 1090. The molecule has 5 heteroatoms. The lowest BCUT2D eigenvalue weighted by molar-refractivity contribution is -0.652. The highest BCUT2D eigenvalue weighted by Crippen LogP contribution is 2.33. The maximum absolute atomic E-state index is 7.99. The van der Waals surface area contributed by atoms with E-state index < -0.39 is 6.98 Å². The fraction of sp³-hybridized carbons (Fsp3) is 0.133. The van der Waals surface area contributed by atoms with Crippen LogP contribution < -0.4 is 4.57 Å². The van der Waals surface area contributed by atoms with Crippen LogP contribution in [-0.4, -0.2) is 14.5 Å². The molecule has 20 heavy (non-hydrogen) atoms. The van der Waals surface area contributed by atoms with E-state index in [0.29, 0.717) is 34.7 Å². The van der Waals surface area contributed by atoms with Gasteiger partial charge in [0.1, 0.15) is 6.54 Å². The normalized spacial score (nSPS) is 15.9. The summed E-state index contributed by atoms with van der Waals surface area (Å²) in [4.78, 5) is 8.45. The summed E-state index contributed by atoms with van der Waals surface area (Å²) in [5, 5.41) is 0. The third-order valence-corrected chi connectivity index (χ3v) is 3.81. The molecule has 96 valence electrons. The molecule has 0 saturated heterocycles. The second-order valence-corrected chi connectivity index (χ2v) is 4.88. The monoisotopic (exact) mass is 266 g/mol. The molecule has 4 aromatic rings. The molecule has 5 nitrogen and oxygen atoms in total. The van der Waals surface area contributed by atoms with Crippen molar-refractivity contribution < 1.29 is 13.1 Å². The van der Waals surface area contributed by atoms with Gasteiger partial charge in [0, 0.05) is 24.2 Å². The zero-order valence-corrected chi connectivity index (χ0v) is 10.4. The Morgan fingerprint density at radius 3 is 3.35 bits per heavy atom. The summed E-state index contributed by atoms with van der Waals surface area (Å²) >= 11 is 0. The number of imidazole rings is 1. The molecule has 1 aliphatic rings. The average molecular weight is 266 g/mol. The summed E-state index contributed by atoms with van der Waals surface area (Å²) in [6.45, 7) is -1.80. The van der Waals surface area contributed by atoms with E-state index in [4.69, 9.17) is 8.53 Å². The number of hydrogen-bond donors (Lipinski definition) is 0. The molecular formula is C15H11N4O+. The van der Waals surface area contributed by atoms with Gasteiger partial charge < -0.3 is 4.42 Å². The van der Waals surface area contributed by atoms with Crippen LogP contribution >= 0.6 is 0 Å². The third-order valence-electron chi connectivity index (χ3n) is 3.81. The van der Waals surface area contributed by atoms with Gasteiger partial charge in [0.05, 0.1) is 16.7 Å². The fourth-order valence-electron chi connectivity index (χ4n) is 2.97. The minimum absolute atomic E-state index is 0.512. The van der Waals surface area contributed by atoms with E-state index >= 15 is 0 Å². The molecule has 0 spiro atoms. The van der Waals surface area contributed by atoms with E-state index in [1.807, 2.05) is 10.6 Å². The first kappa shape index (κ1) is 7.79. The van der Waals surface area contributed by atoms with Crippen molar-refractivity contribution in [2.45, 2.75) is 6.54 Å². The number of furan rings is 1. The molecule has 0 N–H and O–H groups in total. The third kappa shape index (κ3) is 1.02. The van der Waals surface area contributed by atoms with Crippen LogP contribution in [0.2, 0.25) is 0 Å². The minimum atomic E-state index is -2.34. The van der Waals surface area contributed by atoms with Gasteiger partial charge >= 0.3 is 5.71 Å². The summed E-state index contributed by atoms with van der Waals surface area (Å²) in [5.41, 5.74) is 4.04. The number of hydrogen-bond acceptors (Lipinski definition) is 3. The lowest BCUT2D eigenvalue weighted by Gasteiger charge is -1.94. The summed E-state index contributed by atoms with van der Waals surface area (Å²) in [6.07, 6.45) is 5.07. The molecule has 0 saturated carbocycles. The molecule has 5 heterocycles. The van der Waals surface area contributed by atoms with Gasteiger partial charge in [-0.3, -0.25) is 4.98 Å². The van der Waals surface area contributed by atoms with Crippen LogP contribution in [0.1, 0.15) is 9.68 Å². The lowest BCUT2D eigenvalue weighted by atomic mass is 10.2. The molecule has 0 fully saturated rings. The first-order valence-corrected chi connectivity index (χ1v) is 6.31. The molecule has 4 aromatic heterocycles. The van der Waals surface area contributed by atoms with E-state index in [1.54, 1.807) is 30.7 Å². The van der Waals surface area contributed by atoms with Gasteiger partial charge in [0.2, 0.25) is 5.52 Å². The Morgan fingerprint density at radius 1 is 1.40 bits per heavy atom. The van der Waals surface area contributed by atoms with Crippen LogP contribution in [0.15, 0.2) is 41.2 Å². The van der Waals surface area contributed by atoms with Crippen molar-refractivity contribution in [3.05, 3.63) is 42.4 Å². The van der Waals surface area contributed by atoms with Crippen LogP contribution in [0, 0.1) is 0 Å². The first-order chi connectivity index (χ1) is 11.1. The van der Waals surface area contributed by atoms with Crippen molar-refractivity contribution in [3.63, 3.8) is 0 Å². The van der Waals surface area contributed by atoms with Gasteiger partial charge in [-0.05, 0) is 18.2 Å². The highest BCUT2D eigenvalue weighted by Gasteiger charge is 2.36. The highest BCUT2D eigenvalue weighted by atomic mass is 16.3. The molecule has 0 atom stereocenters. The van der Waals surface area contributed by atoms with Gasteiger partial charge in [-0.1, -0.05) is 0 Å². The molecule has 0 unspecified atom stereocenters. The number of nitrogens with zero attached hydrogens (tertiary/aromatic N) is 4. The summed E-state index contributed by atoms with van der Waals surface area (Å²) < 4.78 is 33.1. The van der Waals surface area contributed by atoms with E-state index in [0.717, 1.165) is 11.1 Å². The molecule has 0 radical (unpaired) electrons. The Labute approximate surface area is 118 Å². The van der Waals surface area contributed by atoms with Crippen molar-refractivity contribution in [2.24, 2.45) is 6.98 Å². The fourth-order valence-corrected chi connectivity index (χ4v) is 2.97. The Balaban J connectivity index is 2.01. The number of rotatable bonds is 0. The molecule has 1 aliphatic heterocycles. The highest BCUT2D eigenvalue weighted by molar-refractivity contribution is 5.98. The predicted molar refractivity (Wildman–Crippen MR) is 73.0 cm³/mol. The topological polar surface area (TPSA) is 47.7 Å². The molecule has 0 aromatic carbocycles. The van der Waals surface area contributed by atoms with Crippen LogP contribution in [0.3, 0.4) is 0 Å². The predicted octanol–water partition coefficient (Wildman–Crippen LogP) is 2.03.